The summed E-state index contributed by atoms with van der Waals surface area (Å²) in [6.07, 6.45) is -0.963. The van der Waals surface area contributed by atoms with Crippen LogP contribution in [0, 0.1) is 0 Å². The molecule has 1 aromatic carbocycles. The molecule has 0 radical (unpaired) electrons. The van der Waals surface area contributed by atoms with Crippen molar-refractivity contribution in [2.75, 3.05) is 18.6 Å². The molecule has 22 heavy (non-hydrogen) atoms. The van der Waals surface area contributed by atoms with Gasteiger partial charge in [-0.25, -0.2) is 4.79 Å². The SMILES string of the molecule is CCOC(=O)C(F)(F)CC1(C)C(=O)N(C)c2ccc(Cl)cc21. The number of rotatable bonds is 4. The Hall–Kier alpha value is -1.69. The lowest BCUT2D eigenvalue weighted by molar-refractivity contribution is -0.174. The highest BCUT2D eigenvalue weighted by atomic mass is 35.5. The minimum atomic E-state index is -3.76. The zero-order chi connectivity index (χ0) is 16.7. The van der Waals surface area contributed by atoms with Crippen LogP contribution in [0.4, 0.5) is 14.5 Å². The van der Waals surface area contributed by atoms with E-state index < -0.39 is 29.6 Å². The Balaban J connectivity index is 2.44. The first-order chi connectivity index (χ1) is 10.1. The van der Waals surface area contributed by atoms with E-state index in [0.717, 1.165) is 0 Å². The van der Waals surface area contributed by atoms with Crippen molar-refractivity contribution in [1.82, 2.24) is 0 Å². The zero-order valence-electron chi connectivity index (χ0n) is 12.5. The fourth-order valence-corrected chi connectivity index (χ4v) is 2.93. The van der Waals surface area contributed by atoms with Crippen LogP contribution < -0.4 is 4.90 Å². The fourth-order valence-electron chi connectivity index (χ4n) is 2.76. The summed E-state index contributed by atoms with van der Waals surface area (Å²) in [5.41, 5.74) is -0.640. The molecular formula is C15H16ClF2NO3. The Morgan fingerprint density at radius 3 is 2.68 bits per heavy atom. The second-order valence-electron chi connectivity index (χ2n) is 5.46. The summed E-state index contributed by atoms with van der Waals surface area (Å²) in [6, 6.07) is 4.67. The van der Waals surface area contributed by atoms with E-state index in [2.05, 4.69) is 4.74 Å². The maximum absolute atomic E-state index is 14.1. The van der Waals surface area contributed by atoms with Crippen molar-refractivity contribution in [3.05, 3.63) is 28.8 Å². The zero-order valence-corrected chi connectivity index (χ0v) is 13.2. The highest BCUT2D eigenvalue weighted by molar-refractivity contribution is 6.31. The van der Waals surface area contributed by atoms with E-state index in [1.807, 2.05) is 0 Å². The quantitative estimate of drug-likeness (QED) is 0.796. The van der Waals surface area contributed by atoms with Gasteiger partial charge in [0, 0.05) is 24.2 Å². The number of hydrogen-bond donors (Lipinski definition) is 0. The van der Waals surface area contributed by atoms with Gasteiger partial charge in [0.15, 0.2) is 0 Å². The van der Waals surface area contributed by atoms with Crippen molar-refractivity contribution in [2.45, 2.75) is 31.6 Å². The summed E-state index contributed by atoms with van der Waals surface area (Å²) in [5.74, 6) is -5.89. The molecule has 1 amide bonds. The monoisotopic (exact) mass is 331 g/mol. The number of halogens is 3. The Labute approximate surface area is 132 Å². The first-order valence-corrected chi connectivity index (χ1v) is 7.14. The first-order valence-electron chi connectivity index (χ1n) is 6.76. The Morgan fingerprint density at radius 1 is 1.45 bits per heavy atom. The summed E-state index contributed by atoms with van der Waals surface area (Å²) in [6.45, 7) is 2.68. The van der Waals surface area contributed by atoms with Gasteiger partial charge >= 0.3 is 11.9 Å². The minimum absolute atomic E-state index is 0.151. The molecule has 0 fully saturated rings. The minimum Gasteiger partial charge on any atom is -0.462 e. The summed E-state index contributed by atoms with van der Waals surface area (Å²) < 4.78 is 32.6. The number of alkyl halides is 2. The van der Waals surface area contributed by atoms with Gasteiger partial charge in [-0.1, -0.05) is 11.6 Å². The maximum Gasteiger partial charge on any atom is 0.377 e. The largest absolute Gasteiger partial charge is 0.462 e. The molecule has 1 atom stereocenters. The number of esters is 1. The molecule has 1 heterocycles. The second kappa shape index (κ2) is 5.50. The van der Waals surface area contributed by atoms with Gasteiger partial charge in [0.05, 0.1) is 12.0 Å². The molecule has 1 aliphatic rings. The van der Waals surface area contributed by atoms with Crippen molar-refractivity contribution in [1.29, 1.82) is 0 Å². The topological polar surface area (TPSA) is 46.6 Å². The van der Waals surface area contributed by atoms with Gasteiger partial charge in [0.25, 0.3) is 0 Å². The van der Waals surface area contributed by atoms with E-state index in [1.54, 1.807) is 12.1 Å². The van der Waals surface area contributed by atoms with E-state index in [0.29, 0.717) is 16.3 Å². The van der Waals surface area contributed by atoms with Gasteiger partial charge in [-0.3, -0.25) is 4.79 Å². The Kier molecular flexibility index (Phi) is 4.17. The number of fused-ring (bicyclic) bond motifs is 1. The van der Waals surface area contributed by atoms with E-state index in [9.17, 15) is 18.4 Å². The van der Waals surface area contributed by atoms with Crippen LogP contribution in [0.25, 0.3) is 0 Å². The molecule has 0 spiro atoms. The van der Waals surface area contributed by atoms with Crippen LogP contribution in [0.5, 0.6) is 0 Å². The normalized spacial score (nSPS) is 21.0. The third kappa shape index (κ3) is 2.56. The lowest BCUT2D eigenvalue weighted by Gasteiger charge is -2.27. The lowest BCUT2D eigenvalue weighted by atomic mass is 9.78. The molecule has 2 rings (SSSR count). The molecule has 0 bridgehead atoms. The number of carbonyl (C=O) groups excluding carboxylic acids is 2. The first kappa shape index (κ1) is 16.7. The fraction of sp³-hybridized carbons (Fsp3) is 0.467. The van der Waals surface area contributed by atoms with Crippen LogP contribution in [-0.4, -0.2) is 31.5 Å². The molecular weight excluding hydrogens is 316 g/mol. The number of anilines is 1. The molecule has 0 aliphatic carbocycles. The summed E-state index contributed by atoms with van der Waals surface area (Å²) >= 11 is 5.92. The van der Waals surface area contributed by atoms with Gasteiger partial charge in [-0.2, -0.15) is 8.78 Å². The second-order valence-corrected chi connectivity index (χ2v) is 5.90. The highest BCUT2D eigenvalue weighted by Gasteiger charge is 2.55. The van der Waals surface area contributed by atoms with Crippen LogP contribution in [0.1, 0.15) is 25.8 Å². The van der Waals surface area contributed by atoms with Crippen LogP contribution in [-0.2, 0) is 19.7 Å². The van der Waals surface area contributed by atoms with Crippen LogP contribution in [0.15, 0.2) is 18.2 Å². The highest BCUT2D eigenvalue weighted by Crippen LogP contribution is 2.47. The van der Waals surface area contributed by atoms with E-state index in [4.69, 9.17) is 11.6 Å². The van der Waals surface area contributed by atoms with Crippen molar-refractivity contribution < 1.29 is 23.1 Å². The van der Waals surface area contributed by atoms with Crippen LogP contribution >= 0.6 is 11.6 Å². The number of ether oxygens (including phenoxy) is 1. The molecule has 1 aliphatic heterocycles. The smallest absolute Gasteiger partial charge is 0.377 e. The predicted octanol–water partition coefficient (Wildman–Crippen LogP) is 3.16. The van der Waals surface area contributed by atoms with Crippen molar-refractivity contribution in [3.8, 4) is 0 Å². The van der Waals surface area contributed by atoms with Crippen molar-refractivity contribution >= 4 is 29.2 Å². The summed E-state index contributed by atoms with van der Waals surface area (Å²) in [4.78, 5) is 25.2. The molecule has 0 saturated carbocycles. The van der Waals surface area contributed by atoms with Gasteiger partial charge in [-0.05, 0) is 37.6 Å². The number of likely N-dealkylation sites (N-methyl/N-ethyl adjacent to an activating group) is 1. The molecule has 0 aromatic heterocycles. The van der Waals surface area contributed by atoms with Gasteiger partial charge in [-0.15, -0.1) is 0 Å². The maximum atomic E-state index is 14.1. The molecule has 1 aromatic rings. The van der Waals surface area contributed by atoms with Crippen LogP contribution in [0.2, 0.25) is 5.02 Å². The molecule has 0 N–H and O–H groups in total. The van der Waals surface area contributed by atoms with E-state index in [-0.39, 0.29) is 6.61 Å². The third-order valence-electron chi connectivity index (χ3n) is 3.84. The molecule has 1 unspecified atom stereocenters. The van der Waals surface area contributed by atoms with Crippen molar-refractivity contribution in [2.24, 2.45) is 0 Å². The van der Waals surface area contributed by atoms with Gasteiger partial charge in [0.1, 0.15) is 0 Å². The third-order valence-corrected chi connectivity index (χ3v) is 4.08. The lowest BCUT2D eigenvalue weighted by Crippen LogP contribution is -2.44. The van der Waals surface area contributed by atoms with Crippen molar-refractivity contribution in [3.63, 3.8) is 0 Å². The Morgan fingerprint density at radius 2 is 2.09 bits per heavy atom. The average Bonchev–Trinajstić information content (AvgIpc) is 2.61. The molecule has 0 saturated heterocycles. The van der Waals surface area contributed by atoms with Gasteiger partial charge < -0.3 is 9.64 Å². The van der Waals surface area contributed by atoms with Gasteiger partial charge in [0.2, 0.25) is 5.91 Å². The van der Waals surface area contributed by atoms with Crippen LogP contribution in [0.3, 0.4) is 0 Å². The number of carbonyl (C=O) groups is 2. The molecule has 120 valence electrons. The molecule has 7 heteroatoms. The summed E-state index contributed by atoms with van der Waals surface area (Å²) in [7, 11) is 1.50. The van der Waals surface area contributed by atoms with E-state index >= 15 is 0 Å². The number of amides is 1. The number of nitrogens with zero attached hydrogens (tertiary/aromatic N) is 1. The average molecular weight is 332 g/mol. The number of benzene rings is 1. The van der Waals surface area contributed by atoms with E-state index in [1.165, 1.54) is 31.9 Å². The Bertz CT molecular complexity index is 635. The number of hydrogen-bond acceptors (Lipinski definition) is 3. The standard InChI is InChI=1S/C15H16ClF2NO3/c1-4-22-13(21)15(17,18)8-14(2)10-7-9(16)5-6-11(10)19(3)12(14)20/h5-7H,4,8H2,1-3H3. The summed E-state index contributed by atoms with van der Waals surface area (Å²) in [5, 5.41) is 0.340. The predicted molar refractivity (Wildman–Crippen MR) is 78.4 cm³/mol. The molecule has 4 nitrogen and oxygen atoms in total.